The zero-order chi connectivity index (χ0) is 20.1. The van der Waals surface area contributed by atoms with Crippen molar-refractivity contribution in [2.45, 2.75) is 13.0 Å². The van der Waals surface area contributed by atoms with Crippen LogP contribution >= 0.6 is 22.9 Å². The third kappa shape index (κ3) is 5.15. The van der Waals surface area contributed by atoms with Crippen LogP contribution < -0.4 is 10.6 Å². The lowest BCUT2D eigenvalue weighted by Crippen LogP contribution is -2.24. The second-order valence-electron chi connectivity index (χ2n) is 5.96. The minimum Gasteiger partial charge on any atom is -0.347 e. The molecule has 1 aromatic carbocycles. The Morgan fingerprint density at radius 3 is 2.79 bits per heavy atom. The minimum atomic E-state index is -0.189. The second kappa shape index (κ2) is 8.80. The third-order valence-corrected chi connectivity index (χ3v) is 4.82. The Labute approximate surface area is 175 Å². The Balaban J connectivity index is 1.28. The molecule has 0 aliphatic rings. The molecule has 0 aliphatic heterocycles. The highest BCUT2D eigenvalue weighted by Crippen LogP contribution is 2.21. The van der Waals surface area contributed by atoms with Crippen LogP contribution in [0.2, 0.25) is 5.02 Å². The number of thiazole rings is 1. The van der Waals surface area contributed by atoms with E-state index in [1.165, 1.54) is 11.3 Å². The molecule has 0 spiro atoms. The smallest absolute Gasteiger partial charge is 0.246 e. The van der Waals surface area contributed by atoms with Crippen molar-refractivity contribution in [3.05, 3.63) is 70.6 Å². The number of hydrogen-bond donors (Lipinski definition) is 2. The van der Waals surface area contributed by atoms with Crippen molar-refractivity contribution in [1.82, 2.24) is 25.4 Å². The number of carbonyl (C=O) groups is 1. The van der Waals surface area contributed by atoms with Crippen molar-refractivity contribution in [3.63, 3.8) is 0 Å². The van der Waals surface area contributed by atoms with Crippen LogP contribution in [-0.2, 0) is 17.8 Å². The Morgan fingerprint density at radius 2 is 2.00 bits per heavy atom. The largest absolute Gasteiger partial charge is 0.347 e. The Bertz CT molecular complexity index is 1100. The molecule has 8 nitrogen and oxygen atoms in total. The van der Waals surface area contributed by atoms with E-state index in [0.29, 0.717) is 33.4 Å². The van der Waals surface area contributed by atoms with Gasteiger partial charge in [0.15, 0.2) is 5.13 Å². The normalized spacial score (nSPS) is 10.7. The first-order valence-electron chi connectivity index (χ1n) is 8.63. The minimum absolute atomic E-state index is 0.145. The van der Waals surface area contributed by atoms with Gasteiger partial charge < -0.3 is 15.2 Å². The van der Waals surface area contributed by atoms with Crippen molar-refractivity contribution in [2.24, 2.45) is 0 Å². The fourth-order valence-corrected chi connectivity index (χ4v) is 3.27. The van der Waals surface area contributed by atoms with Crippen molar-refractivity contribution >= 4 is 39.8 Å². The maximum Gasteiger partial charge on any atom is 0.246 e. The maximum absolute atomic E-state index is 12.2. The molecule has 0 saturated carbocycles. The van der Waals surface area contributed by atoms with Crippen LogP contribution in [0.5, 0.6) is 0 Å². The average molecular weight is 427 g/mol. The van der Waals surface area contributed by atoms with Gasteiger partial charge in [-0.15, -0.1) is 11.3 Å². The van der Waals surface area contributed by atoms with Crippen LogP contribution in [0, 0.1) is 0 Å². The number of anilines is 2. The molecule has 3 aromatic heterocycles. The lowest BCUT2D eigenvalue weighted by molar-refractivity contribution is -0.120. The standard InChI is InChI=1S/C19H15ClN6O2S/c20-13-6-7-15(21-9-13)24-19-23-14(11-29-19)8-16(27)22-10-17-25-18(26-28-17)12-4-2-1-3-5-12/h1-7,9,11H,8,10H2,(H,22,27)(H,21,23,24). The third-order valence-electron chi connectivity index (χ3n) is 3.79. The van der Waals surface area contributed by atoms with Crippen LogP contribution in [0.15, 0.2) is 58.6 Å². The predicted molar refractivity (Wildman–Crippen MR) is 110 cm³/mol. The lowest BCUT2D eigenvalue weighted by atomic mass is 10.2. The number of hydrogen-bond acceptors (Lipinski definition) is 8. The monoisotopic (exact) mass is 426 g/mol. The molecule has 29 heavy (non-hydrogen) atoms. The van der Waals surface area contributed by atoms with Gasteiger partial charge in [-0.3, -0.25) is 4.79 Å². The molecule has 146 valence electrons. The van der Waals surface area contributed by atoms with Gasteiger partial charge >= 0.3 is 0 Å². The number of pyridine rings is 1. The molecule has 4 rings (SSSR count). The molecule has 10 heteroatoms. The number of halogens is 1. The molecule has 3 heterocycles. The number of amides is 1. The summed E-state index contributed by atoms with van der Waals surface area (Å²) in [5, 5.41) is 12.8. The molecule has 0 atom stereocenters. The summed E-state index contributed by atoms with van der Waals surface area (Å²) in [5.41, 5.74) is 1.51. The molecule has 0 radical (unpaired) electrons. The number of benzene rings is 1. The summed E-state index contributed by atoms with van der Waals surface area (Å²) in [6.45, 7) is 0.155. The Kier molecular flexibility index (Phi) is 5.78. The van der Waals surface area contributed by atoms with Gasteiger partial charge in [0.2, 0.25) is 17.6 Å². The van der Waals surface area contributed by atoms with E-state index in [1.54, 1.807) is 18.3 Å². The van der Waals surface area contributed by atoms with E-state index in [9.17, 15) is 4.79 Å². The molecule has 2 N–H and O–H groups in total. The fraction of sp³-hybridized carbons (Fsp3) is 0.105. The van der Waals surface area contributed by atoms with Gasteiger partial charge in [-0.05, 0) is 12.1 Å². The number of nitrogens with one attached hydrogen (secondary N) is 2. The zero-order valence-electron chi connectivity index (χ0n) is 15.0. The van der Waals surface area contributed by atoms with Gasteiger partial charge in [0.1, 0.15) is 5.82 Å². The van der Waals surface area contributed by atoms with E-state index < -0.39 is 0 Å². The molecular formula is C19H15ClN6O2S. The van der Waals surface area contributed by atoms with Gasteiger partial charge in [-0.1, -0.05) is 47.1 Å². The summed E-state index contributed by atoms with van der Waals surface area (Å²) in [5.74, 6) is 1.27. The van der Waals surface area contributed by atoms with Gasteiger partial charge in [0.25, 0.3) is 0 Å². The molecule has 4 aromatic rings. The van der Waals surface area contributed by atoms with Gasteiger partial charge in [0.05, 0.1) is 23.7 Å². The van der Waals surface area contributed by atoms with E-state index in [4.69, 9.17) is 16.1 Å². The molecule has 1 amide bonds. The maximum atomic E-state index is 12.2. The van der Waals surface area contributed by atoms with Crippen LogP contribution in [0.25, 0.3) is 11.4 Å². The molecule has 0 fully saturated rings. The van der Waals surface area contributed by atoms with Crippen molar-refractivity contribution in [1.29, 1.82) is 0 Å². The quantitative estimate of drug-likeness (QED) is 0.462. The van der Waals surface area contributed by atoms with Gasteiger partial charge in [0, 0.05) is 17.1 Å². The second-order valence-corrected chi connectivity index (χ2v) is 7.26. The highest BCUT2D eigenvalue weighted by atomic mass is 35.5. The molecule has 0 bridgehead atoms. The molecule has 0 aliphatic carbocycles. The molecular weight excluding hydrogens is 412 g/mol. The van der Waals surface area contributed by atoms with E-state index in [1.807, 2.05) is 35.7 Å². The van der Waals surface area contributed by atoms with E-state index in [2.05, 4.69) is 30.7 Å². The predicted octanol–water partition coefficient (Wildman–Crippen LogP) is 3.84. The lowest BCUT2D eigenvalue weighted by Gasteiger charge is -2.01. The highest BCUT2D eigenvalue weighted by Gasteiger charge is 2.12. The van der Waals surface area contributed by atoms with Gasteiger partial charge in [-0.25, -0.2) is 9.97 Å². The van der Waals surface area contributed by atoms with Gasteiger partial charge in [-0.2, -0.15) is 4.98 Å². The first kappa shape index (κ1) is 19.0. The topological polar surface area (TPSA) is 106 Å². The first-order valence-corrected chi connectivity index (χ1v) is 9.89. The van der Waals surface area contributed by atoms with Crippen LogP contribution in [0.1, 0.15) is 11.6 Å². The van der Waals surface area contributed by atoms with Crippen LogP contribution in [0.4, 0.5) is 10.9 Å². The summed E-state index contributed by atoms with van der Waals surface area (Å²) in [4.78, 5) is 25.0. The fourth-order valence-electron chi connectivity index (χ4n) is 2.44. The SMILES string of the molecule is O=C(Cc1csc(Nc2ccc(Cl)cn2)n1)NCc1nc(-c2ccccc2)no1. The number of aromatic nitrogens is 4. The van der Waals surface area contributed by atoms with E-state index in [0.717, 1.165) is 5.56 Å². The summed E-state index contributed by atoms with van der Waals surface area (Å²) in [6, 6.07) is 13.0. The summed E-state index contributed by atoms with van der Waals surface area (Å²) in [6.07, 6.45) is 1.69. The van der Waals surface area contributed by atoms with Crippen molar-refractivity contribution < 1.29 is 9.32 Å². The summed E-state index contributed by atoms with van der Waals surface area (Å²) < 4.78 is 5.18. The van der Waals surface area contributed by atoms with Crippen LogP contribution in [0.3, 0.4) is 0 Å². The Morgan fingerprint density at radius 1 is 1.14 bits per heavy atom. The molecule has 0 unspecified atom stereocenters. The zero-order valence-corrected chi connectivity index (χ0v) is 16.6. The van der Waals surface area contributed by atoms with Crippen LogP contribution in [-0.4, -0.2) is 26.0 Å². The van der Waals surface area contributed by atoms with Crippen molar-refractivity contribution in [2.75, 3.05) is 5.32 Å². The number of rotatable bonds is 7. The van der Waals surface area contributed by atoms with Crippen molar-refractivity contribution in [3.8, 4) is 11.4 Å². The number of nitrogens with zero attached hydrogens (tertiary/aromatic N) is 4. The first-order chi connectivity index (χ1) is 14.2. The number of carbonyl (C=O) groups excluding carboxylic acids is 1. The molecule has 0 saturated heterocycles. The summed E-state index contributed by atoms with van der Waals surface area (Å²) in [7, 11) is 0. The Hall–Kier alpha value is -3.30. The van der Waals surface area contributed by atoms with E-state index in [-0.39, 0.29) is 18.9 Å². The highest BCUT2D eigenvalue weighted by molar-refractivity contribution is 7.13. The average Bonchev–Trinajstić information content (AvgIpc) is 3.38. The van der Waals surface area contributed by atoms with E-state index >= 15 is 0 Å². The summed E-state index contributed by atoms with van der Waals surface area (Å²) >= 11 is 7.21.